The van der Waals surface area contributed by atoms with Crippen LogP contribution >= 0.6 is 0 Å². The Hall–Kier alpha value is -2.04. The van der Waals surface area contributed by atoms with Crippen molar-refractivity contribution in [1.82, 2.24) is 0 Å². The van der Waals surface area contributed by atoms with Crippen LogP contribution in [-0.2, 0) is 14.9 Å². The third kappa shape index (κ3) is 6.54. The zero-order chi connectivity index (χ0) is 20.7. The molecule has 4 nitrogen and oxygen atoms in total. The van der Waals surface area contributed by atoms with E-state index < -0.39 is 0 Å². The Morgan fingerprint density at radius 2 is 1.32 bits per heavy atom. The molecule has 2 aromatic carbocycles. The fourth-order valence-corrected chi connectivity index (χ4v) is 3.01. The lowest BCUT2D eigenvalue weighted by atomic mass is 9.78. The third-order valence-corrected chi connectivity index (χ3v) is 4.68. The minimum atomic E-state index is -0.166. The van der Waals surface area contributed by atoms with E-state index >= 15 is 0 Å². The van der Waals surface area contributed by atoms with Crippen LogP contribution in [0.5, 0.6) is 11.5 Å². The van der Waals surface area contributed by atoms with E-state index in [2.05, 4.69) is 26.0 Å². The first kappa shape index (κ1) is 22.3. The molecule has 0 amide bonds. The van der Waals surface area contributed by atoms with E-state index in [4.69, 9.17) is 14.2 Å². The summed E-state index contributed by atoms with van der Waals surface area (Å²) in [6.45, 7) is 13.4. The predicted molar refractivity (Wildman–Crippen MR) is 113 cm³/mol. The Morgan fingerprint density at radius 1 is 0.786 bits per heavy atom. The van der Waals surface area contributed by atoms with Crippen molar-refractivity contribution in [3.63, 3.8) is 0 Å². The fraction of sp³-hybridized carbons (Fsp3) is 0.500. The van der Waals surface area contributed by atoms with Crippen LogP contribution in [0.2, 0.25) is 0 Å². The maximum Gasteiger partial charge on any atom is 0.119 e. The number of rotatable bonds is 10. The molecule has 1 atom stereocenters. The van der Waals surface area contributed by atoms with Crippen LogP contribution in [0.3, 0.4) is 0 Å². The van der Waals surface area contributed by atoms with Gasteiger partial charge in [0.25, 0.3) is 0 Å². The van der Waals surface area contributed by atoms with Gasteiger partial charge in [0.2, 0.25) is 0 Å². The second kappa shape index (κ2) is 9.94. The summed E-state index contributed by atoms with van der Waals surface area (Å²) in [6.07, 6.45) is 0.188. The second-order valence-electron chi connectivity index (χ2n) is 8.20. The minimum Gasteiger partial charge on any atom is -0.508 e. The summed E-state index contributed by atoms with van der Waals surface area (Å²) in [6, 6.07) is 15.5. The monoisotopic (exact) mass is 386 g/mol. The van der Waals surface area contributed by atoms with Crippen molar-refractivity contribution in [2.75, 3.05) is 13.2 Å². The highest BCUT2D eigenvalue weighted by atomic mass is 16.6. The largest absolute Gasteiger partial charge is 0.508 e. The molecule has 4 heteroatoms. The standard InChI is InChI=1S/C24H34O4/c1-17(2)26-15-23(28-18(3)4)16-27-22-13-9-20(10-14-22)24(5,6)19-7-11-21(25)12-8-19/h7-14,17-18,23,25H,15-16H2,1-6H3. The Labute approximate surface area is 169 Å². The van der Waals surface area contributed by atoms with Crippen molar-refractivity contribution in [1.29, 1.82) is 0 Å². The average molecular weight is 387 g/mol. The van der Waals surface area contributed by atoms with Crippen LogP contribution in [0, 0.1) is 0 Å². The molecule has 0 aliphatic rings. The van der Waals surface area contributed by atoms with Crippen LogP contribution in [0.15, 0.2) is 48.5 Å². The van der Waals surface area contributed by atoms with E-state index in [0.717, 1.165) is 11.3 Å². The smallest absolute Gasteiger partial charge is 0.119 e. The molecule has 2 aromatic rings. The van der Waals surface area contributed by atoms with Crippen LogP contribution < -0.4 is 4.74 Å². The number of aromatic hydroxyl groups is 1. The third-order valence-electron chi connectivity index (χ3n) is 4.68. The summed E-state index contributed by atoms with van der Waals surface area (Å²) in [5.74, 6) is 1.09. The molecule has 0 saturated heterocycles. The van der Waals surface area contributed by atoms with Gasteiger partial charge in [-0.05, 0) is 63.1 Å². The van der Waals surface area contributed by atoms with Crippen molar-refractivity contribution >= 4 is 0 Å². The molecule has 154 valence electrons. The molecule has 0 fully saturated rings. The molecule has 0 bridgehead atoms. The maximum atomic E-state index is 9.52. The van der Waals surface area contributed by atoms with Gasteiger partial charge in [-0.25, -0.2) is 0 Å². The summed E-state index contributed by atoms with van der Waals surface area (Å²) in [5, 5.41) is 9.52. The lowest BCUT2D eigenvalue weighted by Gasteiger charge is -2.26. The number of hydrogen-bond acceptors (Lipinski definition) is 4. The van der Waals surface area contributed by atoms with E-state index in [-0.39, 0.29) is 29.5 Å². The number of hydrogen-bond donors (Lipinski definition) is 1. The highest BCUT2D eigenvalue weighted by Gasteiger charge is 2.23. The van der Waals surface area contributed by atoms with Crippen molar-refractivity contribution in [3.05, 3.63) is 59.7 Å². The highest BCUT2D eigenvalue weighted by Crippen LogP contribution is 2.33. The van der Waals surface area contributed by atoms with Crippen LogP contribution in [0.4, 0.5) is 0 Å². The normalized spacial score (nSPS) is 13.1. The molecule has 0 aliphatic carbocycles. The predicted octanol–water partition coefficient (Wildman–Crippen LogP) is 5.32. The van der Waals surface area contributed by atoms with Crippen molar-refractivity contribution in [3.8, 4) is 11.5 Å². The molecular formula is C24H34O4. The van der Waals surface area contributed by atoms with Gasteiger partial charge in [0.15, 0.2) is 0 Å². The molecular weight excluding hydrogens is 352 g/mol. The average Bonchev–Trinajstić information content (AvgIpc) is 2.64. The van der Waals surface area contributed by atoms with Crippen molar-refractivity contribution < 1.29 is 19.3 Å². The molecule has 1 unspecified atom stereocenters. The molecule has 2 rings (SSSR count). The molecule has 0 saturated carbocycles. The first-order valence-electron chi connectivity index (χ1n) is 9.98. The van der Waals surface area contributed by atoms with Crippen LogP contribution in [-0.4, -0.2) is 36.6 Å². The Kier molecular flexibility index (Phi) is 7.90. The van der Waals surface area contributed by atoms with Gasteiger partial charge in [0.1, 0.15) is 24.2 Å². The maximum absolute atomic E-state index is 9.52. The number of phenols is 1. The zero-order valence-electron chi connectivity index (χ0n) is 17.9. The van der Waals surface area contributed by atoms with E-state index in [1.807, 2.05) is 52.0 Å². The van der Waals surface area contributed by atoms with Crippen LogP contribution in [0.1, 0.15) is 52.7 Å². The van der Waals surface area contributed by atoms with Gasteiger partial charge in [-0.3, -0.25) is 0 Å². The Bertz CT molecular complexity index is 702. The summed E-state index contributed by atoms with van der Waals surface area (Å²) >= 11 is 0. The first-order chi connectivity index (χ1) is 13.2. The zero-order valence-corrected chi connectivity index (χ0v) is 17.9. The second-order valence-corrected chi connectivity index (χ2v) is 8.20. The summed E-state index contributed by atoms with van der Waals surface area (Å²) < 4.78 is 17.5. The van der Waals surface area contributed by atoms with Gasteiger partial charge in [-0.15, -0.1) is 0 Å². The van der Waals surface area contributed by atoms with Gasteiger partial charge in [0, 0.05) is 5.41 Å². The molecule has 0 aromatic heterocycles. The molecule has 0 spiro atoms. The Balaban J connectivity index is 2.01. The highest BCUT2D eigenvalue weighted by molar-refractivity contribution is 5.41. The van der Waals surface area contributed by atoms with E-state index in [0.29, 0.717) is 13.2 Å². The van der Waals surface area contributed by atoms with Gasteiger partial charge in [-0.2, -0.15) is 0 Å². The minimum absolute atomic E-state index is 0.101. The van der Waals surface area contributed by atoms with Crippen molar-refractivity contribution in [2.45, 2.75) is 65.3 Å². The Morgan fingerprint density at radius 3 is 1.82 bits per heavy atom. The van der Waals surface area contributed by atoms with Gasteiger partial charge < -0.3 is 19.3 Å². The fourth-order valence-electron chi connectivity index (χ4n) is 3.01. The molecule has 28 heavy (non-hydrogen) atoms. The molecule has 0 aliphatic heterocycles. The first-order valence-corrected chi connectivity index (χ1v) is 9.98. The lowest BCUT2D eigenvalue weighted by molar-refractivity contribution is -0.0741. The van der Waals surface area contributed by atoms with Crippen molar-refractivity contribution in [2.24, 2.45) is 0 Å². The number of ether oxygens (including phenoxy) is 3. The number of phenolic OH excluding ortho intramolecular Hbond substituents is 1. The number of benzene rings is 2. The van der Waals surface area contributed by atoms with Gasteiger partial charge >= 0.3 is 0 Å². The molecule has 1 N–H and O–H groups in total. The van der Waals surface area contributed by atoms with Gasteiger partial charge in [-0.1, -0.05) is 38.1 Å². The lowest BCUT2D eigenvalue weighted by Crippen LogP contribution is -2.31. The van der Waals surface area contributed by atoms with E-state index in [1.165, 1.54) is 5.56 Å². The SMILES string of the molecule is CC(C)OCC(COc1ccc(C(C)(C)c2ccc(O)cc2)cc1)OC(C)C. The summed E-state index contributed by atoms with van der Waals surface area (Å²) in [7, 11) is 0. The molecule has 0 radical (unpaired) electrons. The molecule has 0 heterocycles. The van der Waals surface area contributed by atoms with E-state index in [9.17, 15) is 5.11 Å². The quantitative estimate of drug-likeness (QED) is 0.601. The topological polar surface area (TPSA) is 47.9 Å². The van der Waals surface area contributed by atoms with Gasteiger partial charge in [0.05, 0.1) is 18.8 Å². The van der Waals surface area contributed by atoms with E-state index in [1.54, 1.807) is 12.1 Å². The summed E-state index contributed by atoms with van der Waals surface area (Å²) in [4.78, 5) is 0. The van der Waals surface area contributed by atoms with Crippen LogP contribution in [0.25, 0.3) is 0 Å². The summed E-state index contributed by atoms with van der Waals surface area (Å²) in [5.41, 5.74) is 2.17.